The van der Waals surface area contributed by atoms with Gasteiger partial charge in [-0.15, -0.1) is 0 Å². The Balaban J connectivity index is 1.43. The summed E-state index contributed by atoms with van der Waals surface area (Å²) in [6.07, 6.45) is 4.17. The summed E-state index contributed by atoms with van der Waals surface area (Å²) in [6.45, 7) is 4.06. The topological polar surface area (TPSA) is 155 Å². The van der Waals surface area contributed by atoms with Crippen LogP contribution in [-0.4, -0.2) is 70.4 Å². The summed E-state index contributed by atoms with van der Waals surface area (Å²) in [7, 11) is 3.18. The van der Waals surface area contributed by atoms with Gasteiger partial charge < -0.3 is 35.4 Å². The highest BCUT2D eigenvalue weighted by Crippen LogP contribution is 2.22. The Labute approximate surface area is 299 Å². The number of urea groups is 1. The van der Waals surface area contributed by atoms with Crippen LogP contribution in [0.25, 0.3) is 0 Å². The number of nitrogens with one attached hydrogen (secondary N) is 3. The first-order valence-electron chi connectivity index (χ1n) is 17.0. The lowest BCUT2D eigenvalue weighted by molar-refractivity contribution is -0.124. The lowest BCUT2D eigenvalue weighted by Gasteiger charge is -2.29. The number of amides is 4. The molecule has 4 N–H and O–H groups in total. The molecule has 4 rings (SSSR count). The Morgan fingerprint density at radius 1 is 0.824 bits per heavy atom. The van der Waals surface area contributed by atoms with Crippen molar-refractivity contribution < 1.29 is 29.0 Å². The summed E-state index contributed by atoms with van der Waals surface area (Å²) >= 11 is 0. The number of benzene rings is 2. The molecule has 0 saturated heterocycles. The summed E-state index contributed by atoms with van der Waals surface area (Å²) in [5.74, 6) is -0.108. The molecule has 0 bridgehead atoms. The molecule has 4 atom stereocenters. The van der Waals surface area contributed by atoms with Crippen LogP contribution in [0.2, 0.25) is 0 Å². The highest BCUT2D eigenvalue weighted by Gasteiger charge is 2.29. The molecule has 270 valence electrons. The average Bonchev–Trinajstić information content (AvgIpc) is 3.13. The van der Waals surface area contributed by atoms with Gasteiger partial charge >= 0.3 is 12.1 Å². The molecule has 2 aromatic heterocycles. The Bertz CT molecular complexity index is 1640. The van der Waals surface area contributed by atoms with Gasteiger partial charge in [-0.3, -0.25) is 9.78 Å². The van der Waals surface area contributed by atoms with Gasteiger partial charge in [0.25, 0.3) is 0 Å². The predicted molar refractivity (Wildman–Crippen MR) is 193 cm³/mol. The van der Waals surface area contributed by atoms with Gasteiger partial charge in [-0.1, -0.05) is 86.6 Å². The Kier molecular flexibility index (Phi) is 14.8. The number of hydrogen-bond acceptors (Lipinski definition) is 8. The van der Waals surface area contributed by atoms with E-state index in [1.54, 1.807) is 37.8 Å². The minimum Gasteiger partial charge on any atom is -0.481 e. The van der Waals surface area contributed by atoms with Gasteiger partial charge in [0.15, 0.2) is 0 Å². The minimum absolute atomic E-state index is 0.0525. The van der Waals surface area contributed by atoms with Crippen molar-refractivity contribution in [1.82, 2.24) is 30.8 Å². The van der Waals surface area contributed by atoms with E-state index in [-0.39, 0.29) is 37.8 Å². The molecule has 0 fully saturated rings. The Morgan fingerprint density at radius 2 is 1.53 bits per heavy atom. The first kappa shape index (κ1) is 38.3. The van der Waals surface area contributed by atoms with Crippen molar-refractivity contribution in [3.8, 4) is 5.88 Å². The van der Waals surface area contributed by atoms with Gasteiger partial charge in [0.2, 0.25) is 11.8 Å². The standard InChI is InChI=1S/C39H48N6O6/c1-27(2)36(44-38(48)45(3)25-29-17-18-35(50-4)41-24-29)37(47)42-32(20-28-12-7-5-8-13-28)21-33(46)22-34(31-15-9-6-10-16-31)43-39(49)51-26-30-14-11-19-40-23-30/h5-19,23-24,27,32-34,36,46H,20-22,25-26H2,1-4H3,(H,42,47)(H,43,49)(H,44,48)/t32?,33?,34?,36-/m0/s1. The summed E-state index contributed by atoms with van der Waals surface area (Å²) in [5.41, 5.74) is 3.34. The quantitative estimate of drug-likeness (QED) is 0.118. The maximum atomic E-state index is 13.8. The van der Waals surface area contributed by atoms with Crippen LogP contribution in [0.3, 0.4) is 0 Å². The van der Waals surface area contributed by atoms with Gasteiger partial charge in [-0.25, -0.2) is 14.6 Å². The number of aromatic nitrogens is 2. The van der Waals surface area contributed by atoms with Crippen LogP contribution in [0.15, 0.2) is 104 Å². The number of hydrogen-bond donors (Lipinski definition) is 4. The molecule has 0 radical (unpaired) electrons. The minimum atomic E-state index is -0.917. The molecule has 12 nitrogen and oxygen atoms in total. The zero-order chi connectivity index (χ0) is 36.6. The summed E-state index contributed by atoms with van der Waals surface area (Å²) in [6, 6.07) is 23.9. The van der Waals surface area contributed by atoms with Crippen LogP contribution in [0, 0.1) is 5.92 Å². The average molecular weight is 697 g/mol. The van der Waals surface area contributed by atoms with Crippen LogP contribution in [0.1, 0.15) is 55.0 Å². The van der Waals surface area contributed by atoms with E-state index in [1.807, 2.05) is 86.6 Å². The van der Waals surface area contributed by atoms with Crippen LogP contribution >= 0.6 is 0 Å². The Morgan fingerprint density at radius 3 is 2.16 bits per heavy atom. The fourth-order valence-electron chi connectivity index (χ4n) is 5.61. The summed E-state index contributed by atoms with van der Waals surface area (Å²) in [5, 5.41) is 20.3. The van der Waals surface area contributed by atoms with Crippen LogP contribution < -0.4 is 20.7 Å². The molecule has 3 unspecified atom stereocenters. The molecular formula is C39H48N6O6. The number of carbonyl (C=O) groups excluding carboxylic acids is 3. The van der Waals surface area contributed by atoms with E-state index in [0.717, 1.165) is 22.3 Å². The van der Waals surface area contributed by atoms with E-state index in [4.69, 9.17) is 9.47 Å². The number of alkyl carbamates (subject to hydrolysis) is 1. The van der Waals surface area contributed by atoms with Crippen molar-refractivity contribution in [2.24, 2.45) is 5.92 Å². The molecule has 0 aliphatic rings. The monoisotopic (exact) mass is 696 g/mol. The predicted octanol–water partition coefficient (Wildman–Crippen LogP) is 5.19. The van der Waals surface area contributed by atoms with E-state index in [9.17, 15) is 19.5 Å². The number of aliphatic hydroxyl groups excluding tert-OH is 1. The summed E-state index contributed by atoms with van der Waals surface area (Å²) in [4.78, 5) is 49.6. The second-order valence-corrected chi connectivity index (χ2v) is 12.8. The van der Waals surface area contributed by atoms with Crippen LogP contribution in [0.5, 0.6) is 5.88 Å². The van der Waals surface area contributed by atoms with Gasteiger partial charge in [-0.2, -0.15) is 0 Å². The number of methoxy groups -OCH3 is 1. The highest BCUT2D eigenvalue weighted by atomic mass is 16.5. The van der Waals surface area contributed by atoms with E-state index in [2.05, 4.69) is 25.9 Å². The van der Waals surface area contributed by atoms with Crippen molar-refractivity contribution >= 4 is 18.0 Å². The van der Waals surface area contributed by atoms with Crippen molar-refractivity contribution in [2.45, 2.75) is 70.5 Å². The van der Waals surface area contributed by atoms with E-state index in [0.29, 0.717) is 12.3 Å². The molecule has 12 heteroatoms. The summed E-state index contributed by atoms with van der Waals surface area (Å²) < 4.78 is 10.5. The molecule has 0 aliphatic carbocycles. The fourth-order valence-corrected chi connectivity index (χ4v) is 5.61. The number of nitrogens with zero attached hydrogens (tertiary/aromatic N) is 3. The van der Waals surface area contributed by atoms with Gasteiger partial charge in [-0.05, 0) is 47.9 Å². The molecule has 2 heterocycles. The lowest BCUT2D eigenvalue weighted by Crippen LogP contribution is -2.55. The third-order valence-electron chi connectivity index (χ3n) is 8.32. The van der Waals surface area contributed by atoms with Gasteiger partial charge in [0.1, 0.15) is 12.6 Å². The molecule has 0 aliphatic heterocycles. The zero-order valence-corrected chi connectivity index (χ0v) is 29.6. The van der Waals surface area contributed by atoms with Crippen molar-refractivity contribution in [3.63, 3.8) is 0 Å². The van der Waals surface area contributed by atoms with Crippen LogP contribution in [-0.2, 0) is 29.1 Å². The number of ether oxygens (including phenoxy) is 2. The fraction of sp³-hybridized carbons (Fsp3) is 0.359. The second kappa shape index (κ2) is 19.6. The molecule has 51 heavy (non-hydrogen) atoms. The number of pyridine rings is 2. The first-order valence-corrected chi connectivity index (χ1v) is 17.0. The second-order valence-electron chi connectivity index (χ2n) is 12.8. The molecule has 4 aromatic rings. The molecule has 2 aromatic carbocycles. The highest BCUT2D eigenvalue weighted by molar-refractivity contribution is 5.87. The van der Waals surface area contributed by atoms with Crippen molar-refractivity contribution in [3.05, 3.63) is 126 Å². The lowest BCUT2D eigenvalue weighted by atomic mass is 9.94. The molecule has 0 saturated carbocycles. The first-order chi connectivity index (χ1) is 24.6. The largest absolute Gasteiger partial charge is 0.481 e. The normalized spacial score (nSPS) is 13.3. The van der Waals surface area contributed by atoms with E-state index in [1.165, 1.54) is 12.0 Å². The number of rotatable bonds is 17. The number of aliphatic hydroxyl groups is 1. The SMILES string of the molecule is COc1ccc(CN(C)C(=O)N[C@H](C(=O)NC(Cc2ccccc2)CC(O)CC(NC(=O)OCc2cccnc2)c2ccccc2)C(C)C)cn1. The van der Waals surface area contributed by atoms with Crippen LogP contribution in [0.4, 0.5) is 9.59 Å². The molecular weight excluding hydrogens is 648 g/mol. The molecule has 4 amide bonds. The maximum Gasteiger partial charge on any atom is 0.407 e. The van der Waals surface area contributed by atoms with Gasteiger partial charge in [0, 0.05) is 49.9 Å². The van der Waals surface area contributed by atoms with Gasteiger partial charge in [0.05, 0.1) is 19.3 Å². The third-order valence-corrected chi connectivity index (χ3v) is 8.32. The number of carbonyl (C=O) groups is 3. The smallest absolute Gasteiger partial charge is 0.407 e. The van der Waals surface area contributed by atoms with Crippen molar-refractivity contribution in [1.29, 1.82) is 0 Å². The third kappa shape index (κ3) is 12.7. The van der Waals surface area contributed by atoms with E-state index < -0.39 is 36.4 Å². The van der Waals surface area contributed by atoms with Crippen molar-refractivity contribution in [2.75, 3.05) is 14.2 Å². The molecule has 0 spiro atoms. The Hall–Kier alpha value is -5.49. The zero-order valence-electron chi connectivity index (χ0n) is 29.6. The van der Waals surface area contributed by atoms with E-state index >= 15 is 0 Å². The maximum absolute atomic E-state index is 13.8.